The van der Waals surface area contributed by atoms with Crippen LogP contribution >= 0.6 is 0 Å². The molecule has 1 aliphatic heterocycles. The van der Waals surface area contributed by atoms with Crippen LogP contribution in [0.25, 0.3) is 5.65 Å². The number of fused-ring (bicyclic) bond motifs is 1. The number of likely N-dealkylation sites (tertiary alicyclic amines) is 1. The number of carbonyl (C=O) groups excluding carboxylic acids is 2. The number of rotatable bonds is 6. The van der Waals surface area contributed by atoms with Gasteiger partial charge in [0.2, 0.25) is 11.8 Å². The molecule has 0 saturated carbocycles. The van der Waals surface area contributed by atoms with Gasteiger partial charge in [-0.25, -0.2) is 9.50 Å². The Bertz CT molecular complexity index is 972. The molecule has 2 aromatic rings. The fourth-order valence-electron chi connectivity index (χ4n) is 4.25. The van der Waals surface area contributed by atoms with Crippen LogP contribution in [0.1, 0.15) is 82.4 Å². The quantitative estimate of drug-likeness (QED) is 0.764. The molecule has 7 heteroatoms. The summed E-state index contributed by atoms with van der Waals surface area (Å²) in [5.41, 5.74) is 4.52. The van der Waals surface area contributed by atoms with Crippen LogP contribution in [0, 0.1) is 19.3 Å². The largest absolute Gasteiger partial charge is 0.354 e. The fourth-order valence-corrected chi connectivity index (χ4v) is 4.25. The van der Waals surface area contributed by atoms with Gasteiger partial charge in [0, 0.05) is 54.3 Å². The van der Waals surface area contributed by atoms with Gasteiger partial charge < -0.3 is 10.2 Å². The lowest BCUT2D eigenvalue weighted by atomic mass is 9.95. The third-order valence-electron chi connectivity index (χ3n) is 6.34. The lowest BCUT2D eigenvalue weighted by Gasteiger charge is -2.25. The highest BCUT2D eigenvalue weighted by atomic mass is 16.2. The molecule has 0 spiro atoms. The van der Waals surface area contributed by atoms with E-state index in [4.69, 9.17) is 10.1 Å². The first-order valence-corrected chi connectivity index (χ1v) is 11.5. The Morgan fingerprint density at radius 2 is 2.00 bits per heavy atom. The number of nitrogens with zero attached hydrogens (tertiary/aromatic N) is 4. The van der Waals surface area contributed by atoms with Crippen LogP contribution < -0.4 is 5.32 Å². The van der Waals surface area contributed by atoms with Crippen LogP contribution in [-0.2, 0) is 16.0 Å². The lowest BCUT2D eigenvalue weighted by Crippen LogP contribution is -2.37. The van der Waals surface area contributed by atoms with Gasteiger partial charge in [-0.2, -0.15) is 5.10 Å². The minimum absolute atomic E-state index is 0.0731. The van der Waals surface area contributed by atoms with Gasteiger partial charge in [0.05, 0.1) is 5.69 Å². The maximum atomic E-state index is 12.6. The first kappa shape index (κ1) is 23.2. The van der Waals surface area contributed by atoms with Gasteiger partial charge in [-0.1, -0.05) is 27.7 Å². The maximum absolute atomic E-state index is 12.6. The summed E-state index contributed by atoms with van der Waals surface area (Å²) in [7, 11) is 0. The summed E-state index contributed by atoms with van der Waals surface area (Å²) in [6.07, 6.45) is 2.94. The summed E-state index contributed by atoms with van der Waals surface area (Å²) >= 11 is 0. The first-order valence-electron chi connectivity index (χ1n) is 11.5. The van der Waals surface area contributed by atoms with Crippen molar-refractivity contribution < 1.29 is 9.59 Å². The number of nitrogens with one attached hydrogen (secondary N) is 1. The summed E-state index contributed by atoms with van der Waals surface area (Å²) in [6.45, 7) is 15.5. The maximum Gasteiger partial charge on any atom is 0.227 e. The second-order valence-corrected chi connectivity index (χ2v) is 9.96. The van der Waals surface area contributed by atoms with Crippen molar-refractivity contribution in [2.45, 2.75) is 86.1 Å². The van der Waals surface area contributed by atoms with Crippen molar-refractivity contribution in [2.75, 3.05) is 13.1 Å². The minimum atomic E-state index is -0.362. The molecule has 3 rings (SSSR count). The Morgan fingerprint density at radius 3 is 2.65 bits per heavy atom. The van der Waals surface area contributed by atoms with Crippen LogP contribution in [0.3, 0.4) is 0 Å². The second-order valence-electron chi connectivity index (χ2n) is 9.96. The number of hydrogen-bond acceptors (Lipinski definition) is 4. The molecule has 1 N–H and O–H groups in total. The summed E-state index contributed by atoms with van der Waals surface area (Å²) in [5, 5.41) is 7.88. The molecule has 0 aliphatic carbocycles. The molecule has 1 saturated heterocycles. The van der Waals surface area contributed by atoms with E-state index < -0.39 is 0 Å². The van der Waals surface area contributed by atoms with E-state index in [-0.39, 0.29) is 29.2 Å². The smallest absolute Gasteiger partial charge is 0.227 e. The predicted molar refractivity (Wildman–Crippen MR) is 122 cm³/mol. The molecule has 31 heavy (non-hydrogen) atoms. The molecule has 1 aliphatic rings. The van der Waals surface area contributed by atoms with Crippen molar-refractivity contribution in [3.05, 3.63) is 28.7 Å². The molecular weight excluding hydrogens is 390 g/mol. The summed E-state index contributed by atoms with van der Waals surface area (Å²) in [4.78, 5) is 31.6. The highest BCUT2D eigenvalue weighted by molar-refractivity contribution is 5.81. The van der Waals surface area contributed by atoms with Crippen molar-refractivity contribution in [1.82, 2.24) is 24.8 Å². The van der Waals surface area contributed by atoms with E-state index >= 15 is 0 Å². The van der Waals surface area contributed by atoms with Gasteiger partial charge in [0.15, 0.2) is 5.65 Å². The molecule has 0 bridgehead atoms. The number of amides is 2. The molecule has 2 amide bonds. The Labute approximate surface area is 185 Å². The Hall–Kier alpha value is -2.44. The zero-order chi connectivity index (χ0) is 22.9. The molecule has 170 valence electrons. The first-order chi connectivity index (χ1) is 14.5. The van der Waals surface area contributed by atoms with Crippen LogP contribution in [-0.4, -0.2) is 50.4 Å². The second kappa shape index (κ2) is 8.97. The van der Waals surface area contributed by atoms with Crippen LogP contribution in [0.15, 0.2) is 6.07 Å². The van der Waals surface area contributed by atoms with Crippen molar-refractivity contribution >= 4 is 17.5 Å². The van der Waals surface area contributed by atoms with E-state index in [9.17, 15) is 9.59 Å². The predicted octanol–water partition coefficient (Wildman–Crippen LogP) is 3.56. The van der Waals surface area contributed by atoms with Gasteiger partial charge in [0.25, 0.3) is 0 Å². The third-order valence-corrected chi connectivity index (χ3v) is 6.34. The molecule has 0 radical (unpaired) electrons. The molecule has 2 aromatic heterocycles. The topological polar surface area (TPSA) is 79.6 Å². The summed E-state index contributed by atoms with van der Waals surface area (Å²) < 4.78 is 1.90. The number of hydrogen-bond donors (Lipinski definition) is 1. The van der Waals surface area contributed by atoms with E-state index in [2.05, 4.69) is 18.3 Å². The minimum Gasteiger partial charge on any atom is -0.354 e. The van der Waals surface area contributed by atoms with Crippen molar-refractivity contribution in [2.24, 2.45) is 5.41 Å². The van der Waals surface area contributed by atoms with E-state index in [0.29, 0.717) is 19.4 Å². The van der Waals surface area contributed by atoms with Crippen LogP contribution in [0.5, 0.6) is 0 Å². The Morgan fingerprint density at radius 1 is 1.29 bits per heavy atom. The van der Waals surface area contributed by atoms with E-state index in [1.807, 2.05) is 51.0 Å². The molecule has 7 nitrogen and oxygen atoms in total. The van der Waals surface area contributed by atoms with E-state index in [0.717, 1.165) is 47.7 Å². The number of aromatic nitrogens is 3. The summed E-state index contributed by atoms with van der Waals surface area (Å²) in [5.74, 6) is 0.503. The zero-order valence-electron chi connectivity index (χ0n) is 20.1. The van der Waals surface area contributed by atoms with Gasteiger partial charge in [0.1, 0.15) is 0 Å². The normalized spacial score (nSPS) is 17.9. The number of aryl methyl sites for hydroxylation is 2. The Kier molecular flexibility index (Phi) is 6.72. The highest BCUT2D eigenvalue weighted by Gasteiger charge is 2.34. The van der Waals surface area contributed by atoms with E-state index in [1.165, 1.54) is 0 Å². The van der Waals surface area contributed by atoms with Gasteiger partial charge in [-0.05, 0) is 45.6 Å². The SMILES string of the molecule is CCC(C)NC(=O)CCc1c(C)nc2cc(C3CCN(C(=O)C(C)(C)C)C3)nn2c1C. The monoisotopic (exact) mass is 427 g/mol. The average molecular weight is 428 g/mol. The van der Waals surface area contributed by atoms with Crippen molar-refractivity contribution in [1.29, 1.82) is 0 Å². The molecule has 0 aromatic carbocycles. The molecule has 3 heterocycles. The Balaban J connectivity index is 1.77. The van der Waals surface area contributed by atoms with Crippen LogP contribution in [0.2, 0.25) is 0 Å². The third kappa shape index (κ3) is 5.08. The lowest BCUT2D eigenvalue weighted by molar-refractivity contribution is -0.138. The zero-order valence-corrected chi connectivity index (χ0v) is 20.1. The van der Waals surface area contributed by atoms with Gasteiger partial charge in [-0.3, -0.25) is 9.59 Å². The summed E-state index contributed by atoms with van der Waals surface area (Å²) in [6, 6.07) is 2.25. The molecule has 2 atom stereocenters. The average Bonchev–Trinajstić information content (AvgIpc) is 3.33. The van der Waals surface area contributed by atoms with Gasteiger partial charge in [-0.15, -0.1) is 0 Å². The standard InChI is InChI=1S/C24H37N5O2/c1-8-15(2)25-22(30)10-9-19-16(3)26-21-13-20(27-29(21)17(19)4)18-11-12-28(14-18)23(31)24(5,6)7/h13,15,18H,8-12,14H2,1-7H3,(H,25,30). The van der Waals surface area contributed by atoms with Crippen molar-refractivity contribution in [3.63, 3.8) is 0 Å². The van der Waals surface area contributed by atoms with Gasteiger partial charge >= 0.3 is 0 Å². The van der Waals surface area contributed by atoms with E-state index in [1.54, 1.807) is 0 Å². The molecule has 2 unspecified atom stereocenters. The van der Waals surface area contributed by atoms with Crippen LogP contribution in [0.4, 0.5) is 0 Å². The molecule has 1 fully saturated rings. The highest BCUT2D eigenvalue weighted by Crippen LogP contribution is 2.30. The van der Waals surface area contributed by atoms with Crippen molar-refractivity contribution in [3.8, 4) is 0 Å². The molecular formula is C24H37N5O2. The number of carbonyl (C=O) groups is 2. The fraction of sp³-hybridized carbons (Fsp3) is 0.667.